The van der Waals surface area contributed by atoms with E-state index >= 15 is 0 Å². The summed E-state index contributed by atoms with van der Waals surface area (Å²) in [5.74, 6) is 1.18. The molecule has 0 unspecified atom stereocenters. The van der Waals surface area contributed by atoms with Gasteiger partial charge in [-0.25, -0.2) is 0 Å². The van der Waals surface area contributed by atoms with Crippen molar-refractivity contribution < 1.29 is 19.0 Å². The van der Waals surface area contributed by atoms with Crippen molar-refractivity contribution in [1.29, 1.82) is 0 Å². The molecule has 0 saturated carbocycles. The van der Waals surface area contributed by atoms with E-state index in [1.165, 1.54) is 0 Å². The fraction of sp³-hybridized carbons (Fsp3) is 0.562. The van der Waals surface area contributed by atoms with Crippen molar-refractivity contribution in [2.24, 2.45) is 0 Å². The highest BCUT2D eigenvalue weighted by Crippen LogP contribution is 2.29. The Kier molecular flexibility index (Phi) is 5.63. The Morgan fingerprint density at radius 3 is 2.45 bits per heavy atom. The van der Waals surface area contributed by atoms with Gasteiger partial charge in [0.2, 0.25) is 5.91 Å². The summed E-state index contributed by atoms with van der Waals surface area (Å²) in [5.41, 5.74) is 0.692. The molecule has 1 saturated heterocycles. The molecular weight excluding hydrogens is 284 g/mol. The Labute approximate surface area is 131 Å². The molecule has 1 N–H and O–H groups in total. The highest BCUT2D eigenvalue weighted by atomic mass is 16.5. The smallest absolute Gasteiger partial charge is 0.238 e. The van der Waals surface area contributed by atoms with Crippen LogP contribution in [0.25, 0.3) is 0 Å². The van der Waals surface area contributed by atoms with Crippen LogP contribution >= 0.6 is 0 Å². The van der Waals surface area contributed by atoms with Crippen LogP contribution in [0.4, 0.5) is 5.69 Å². The second-order valence-corrected chi connectivity index (χ2v) is 5.57. The normalized spacial score (nSPS) is 22.2. The summed E-state index contributed by atoms with van der Waals surface area (Å²) in [7, 11) is 3.15. The summed E-state index contributed by atoms with van der Waals surface area (Å²) < 4.78 is 16.1. The fourth-order valence-electron chi connectivity index (χ4n) is 2.73. The number of morpholine rings is 1. The molecule has 0 radical (unpaired) electrons. The van der Waals surface area contributed by atoms with E-state index in [-0.39, 0.29) is 18.1 Å². The maximum Gasteiger partial charge on any atom is 0.238 e. The first-order valence-electron chi connectivity index (χ1n) is 7.41. The Morgan fingerprint density at radius 1 is 1.23 bits per heavy atom. The molecule has 1 amide bonds. The molecule has 6 heteroatoms. The molecule has 1 heterocycles. The Morgan fingerprint density at radius 2 is 1.86 bits per heavy atom. The van der Waals surface area contributed by atoms with Crippen molar-refractivity contribution in [3.63, 3.8) is 0 Å². The molecule has 2 atom stereocenters. The first-order chi connectivity index (χ1) is 10.5. The highest BCUT2D eigenvalue weighted by molar-refractivity contribution is 5.92. The van der Waals surface area contributed by atoms with E-state index in [2.05, 4.69) is 10.2 Å². The van der Waals surface area contributed by atoms with Crippen molar-refractivity contribution in [2.45, 2.75) is 26.1 Å². The van der Waals surface area contributed by atoms with E-state index < -0.39 is 0 Å². The summed E-state index contributed by atoms with van der Waals surface area (Å²) in [6, 6.07) is 5.32. The lowest BCUT2D eigenvalue weighted by molar-refractivity contribution is -0.121. The SMILES string of the molecule is COc1ccc(NC(=O)CN2C[C@@H](C)O[C@H](C)C2)cc1OC. The summed E-state index contributed by atoms with van der Waals surface area (Å²) in [6.45, 7) is 5.93. The quantitative estimate of drug-likeness (QED) is 0.898. The number of rotatable bonds is 5. The molecule has 1 fully saturated rings. The maximum atomic E-state index is 12.2. The largest absolute Gasteiger partial charge is 0.493 e. The van der Waals surface area contributed by atoms with Crippen molar-refractivity contribution >= 4 is 11.6 Å². The van der Waals surface area contributed by atoms with Gasteiger partial charge >= 0.3 is 0 Å². The van der Waals surface area contributed by atoms with Crippen LogP contribution in [-0.2, 0) is 9.53 Å². The van der Waals surface area contributed by atoms with Crippen molar-refractivity contribution in [1.82, 2.24) is 4.90 Å². The molecule has 0 aromatic heterocycles. The number of amides is 1. The summed E-state index contributed by atoms with van der Waals surface area (Å²) >= 11 is 0. The van der Waals surface area contributed by atoms with Gasteiger partial charge in [-0.15, -0.1) is 0 Å². The average molecular weight is 308 g/mol. The van der Waals surface area contributed by atoms with E-state index in [4.69, 9.17) is 14.2 Å². The zero-order valence-corrected chi connectivity index (χ0v) is 13.6. The summed E-state index contributed by atoms with van der Waals surface area (Å²) in [5, 5.41) is 2.89. The number of anilines is 1. The lowest BCUT2D eigenvalue weighted by Crippen LogP contribution is -2.48. The van der Waals surface area contributed by atoms with Crippen molar-refractivity contribution in [2.75, 3.05) is 39.2 Å². The molecule has 1 aromatic rings. The van der Waals surface area contributed by atoms with Crippen LogP contribution in [-0.4, -0.2) is 56.9 Å². The van der Waals surface area contributed by atoms with Gasteiger partial charge in [-0.1, -0.05) is 0 Å². The zero-order valence-electron chi connectivity index (χ0n) is 13.6. The average Bonchev–Trinajstić information content (AvgIpc) is 2.45. The molecule has 0 aliphatic carbocycles. The van der Waals surface area contributed by atoms with Gasteiger partial charge in [0.1, 0.15) is 0 Å². The number of carbonyl (C=O) groups excluding carboxylic acids is 1. The van der Waals surface area contributed by atoms with Crippen LogP contribution in [0.15, 0.2) is 18.2 Å². The number of hydrogen-bond donors (Lipinski definition) is 1. The van der Waals surface area contributed by atoms with E-state index in [1.54, 1.807) is 32.4 Å². The molecule has 6 nitrogen and oxygen atoms in total. The summed E-state index contributed by atoms with van der Waals surface area (Å²) in [4.78, 5) is 14.3. The Hall–Kier alpha value is -1.79. The van der Waals surface area contributed by atoms with E-state index in [1.807, 2.05) is 13.8 Å². The predicted molar refractivity (Wildman–Crippen MR) is 84.6 cm³/mol. The van der Waals surface area contributed by atoms with Gasteiger partial charge in [0.15, 0.2) is 11.5 Å². The maximum absolute atomic E-state index is 12.2. The van der Waals surface area contributed by atoms with Gasteiger partial charge in [-0.05, 0) is 26.0 Å². The van der Waals surface area contributed by atoms with Gasteiger partial charge in [0.25, 0.3) is 0 Å². The van der Waals surface area contributed by atoms with Crippen LogP contribution in [0.1, 0.15) is 13.8 Å². The Bertz CT molecular complexity index is 511. The van der Waals surface area contributed by atoms with Gasteiger partial charge < -0.3 is 19.5 Å². The third-order valence-electron chi connectivity index (χ3n) is 3.53. The molecule has 0 spiro atoms. The molecular formula is C16H24N2O4. The third-order valence-corrected chi connectivity index (χ3v) is 3.53. The minimum atomic E-state index is -0.0477. The van der Waals surface area contributed by atoms with Crippen LogP contribution in [0, 0.1) is 0 Å². The lowest BCUT2D eigenvalue weighted by Gasteiger charge is -2.34. The molecule has 1 aromatic carbocycles. The molecule has 2 rings (SSSR count). The zero-order chi connectivity index (χ0) is 16.1. The van der Waals surface area contributed by atoms with E-state index in [0.717, 1.165) is 13.1 Å². The minimum Gasteiger partial charge on any atom is -0.493 e. The first kappa shape index (κ1) is 16.6. The molecule has 22 heavy (non-hydrogen) atoms. The van der Waals surface area contributed by atoms with Crippen molar-refractivity contribution in [3.8, 4) is 11.5 Å². The van der Waals surface area contributed by atoms with Gasteiger partial charge in [-0.3, -0.25) is 9.69 Å². The Balaban J connectivity index is 1.94. The van der Waals surface area contributed by atoms with Crippen LogP contribution in [0.3, 0.4) is 0 Å². The molecule has 1 aliphatic heterocycles. The standard InChI is InChI=1S/C16H24N2O4/c1-11-8-18(9-12(2)22-11)10-16(19)17-13-5-6-14(20-3)15(7-13)21-4/h5-7,11-12H,8-10H2,1-4H3,(H,17,19)/t11-,12-/m1/s1. The molecule has 0 bridgehead atoms. The first-order valence-corrected chi connectivity index (χ1v) is 7.41. The minimum absolute atomic E-state index is 0.0477. The van der Waals surface area contributed by atoms with Crippen LogP contribution < -0.4 is 14.8 Å². The van der Waals surface area contributed by atoms with Crippen LogP contribution in [0.2, 0.25) is 0 Å². The number of nitrogens with zero attached hydrogens (tertiary/aromatic N) is 1. The number of carbonyl (C=O) groups is 1. The number of hydrogen-bond acceptors (Lipinski definition) is 5. The highest BCUT2D eigenvalue weighted by Gasteiger charge is 2.23. The van der Waals surface area contributed by atoms with Gasteiger partial charge in [-0.2, -0.15) is 0 Å². The van der Waals surface area contributed by atoms with E-state index in [0.29, 0.717) is 23.7 Å². The fourth-order valence-corrected chi connectivity index (χ4v) is 2.73. The molecule has 1 aliphatic rings. The predicted octanol–water partition coefficient (Wildman–Crippen LogP) is 1.75. The van der Waals surface area contributed by atoms with Gasteiger partial charge in [0, 0.05) is 24.8 Å². The monoisotopic (exact) mass is 308 g/mol. The summed E-state index contributed by atoms with van der Waals surface area (Å²) in [6.07, 6.45) is 0.301. The van der Waals surface area contributed by atoms with Gasteiger partial charge in [0.05, 0.1) is 33.0 Å². The number of ether oxygens (including phenoxy) is 3. The number of methoxy groups -OCH3 is 2. The van der Waals surface area contributed by atoms with Crippen LogP contribution in [0.5, 0.6) is 11.5 Å². The second-order valence-electron chi connectivity index (χ2n) is 5.57. The van der Waals surface area contributed by atoms with E-state index in [9.17, 15) is 4.79 Å². The second kappa shape index (κ2) is 7.47. The number of benzene rings is 1. The molecule has 122 valence electrons. The number of nitrogens with one attached hydrogen (secondary N) is 1. The lowest BCUT2D eigenvalue weighted by atomic mass is 10.2. The van der Waals surface area contributed by atoms with Crippen molar-refractivity contribution in [3.05, 3.63) is 18.2 Å². The topological polar surface area (TPSA) is 60.0 Å². The third kappa shape index (κ3) is 4.35.